The maximum atomic E-state index is 13.4. The third-order valence-corrected chi connectivity index (χ3v) is 6.68. The fourth-order valence-corrected chi connectivity index (χ4v) is 4.75. The van der Waals surface area contributed by atoms with Crippen molar-refractivity contribution in [1.29, 1.82) is 0 Å². The lowest BCUT2D eigenvalue weighted by Gasteiger charge is -2.26. The van der Waals surface area contributed by atoms with Crippen LogP contribution < -0.4 is 10.9 Å². The monoisotopic (exact) mass is 528 g/mol. The van der Waals surface area contributed by atoms with Gasteiger partial charge in [0.2, 0.25) is 0 Å². The van der Waals surface area contributed by atoms with Crippen molar-refractivity contribution in [3.63, 3.8) is 0 Å². The van der Waals surface area contributed by atoms with Crippen molar-refractivity contribution in [2.75, 3.05) is 31.6 Å². The zero-order chi connectivity index (χ0) is 25.4. The van der Waals surface area contributed by atoms with Crippen LogP contribution in [0.5, 0.6) is 0 Å². The molecule has 1 amide bonds. The second-order valence-electron chi connectivity index (χ2n) is 9.09. The lowest BCUT2D eigenvalue weighted by atomic mass is 10.1. The lowest BCUT2D eigenvalue weighted by molar-refractivity contribution is 0.0303. The topological polar surface area (TPSA) is 116 Å². The van der Waals surface area contributed by atoms with Gasteiger partial charge >= 0.3 is 0 Å². The van der Waals surface area contributed by atoms with Gasteiger partial charge in [0.05, 0.1) is 47.2 Å². The van der Waals surface area contributed by atoms with Crippen LogP contribution in [0.1, 0.15) is 29.0 Å². The standard InChI is InChI=1S/C28H26N6O3.H2S/c1-17(20-7-4-5-11-29-20)30-25-19-6-2-3-8-21(19)33-27(35)24(25)26-31-22-10-9-18(16-23(22)32-26)28(36)34-12-14-37-15-13-34;/h2-11,16-17H,12-15H2,1H3,(H,31,32)(H2,30,33,35);1H2/t17-;/m0./s1. The van der Waals surface area contributed by atoms with Crippen LogP contribution in [-0.2, 0) is 4.74 Å². The van der Waals surface area contributed by atoms with Crippen molar-refractivity contribution < 1.29 is 9.53 Å². The smallest absolute Gasteiger partial charge is 0.261 e. The number of para-hydroxylation sites is 1. The minimum Gasteiger partial charge on any atom is -0.378 e. The van der Waals surface area contributed by atoms with Gasteiger partial charge in [-0.05, 0) is 43.3 Å². The zero-order valence-electron chi connectivity index (χ0n) is 20.8. The number of fused-ring (bicyclic) bond motifs is 2. The Morgan fingerprint density at radius 2 is 1.82 bits per heavy atom. The van der Waals surface area contributed by atoms with E-state index in [4.69, 9.17) is 9.72 Å². The Balaban J connectivity index is 0.00000294. The number of rotatable bonds is 5. The molecule has 3 N–H and O–H groups in total. The highest BCUT2D eigenvalue weighted by molar-refractivity contribution is 7.59. The molecule has 9 nitrogen and oxygen atoms in total. The molecule has 0 spiro atoms. The highest BCUT2D eigenvalue weighted by Crippen LogP contribution is 2.33. The molecule has 6 rings (SSSR count). The molecule has 1 fully saturated rings. The number of aromatic nitrogens is 4. The fraction of sp³-hybridized carbons (Fsp3) is 0.214. The number of hydrogen-bond acceptors (Lipinski definition) is 6. The number of imidazole rings is 1. The number of morpholine rings is 1. The maximum Gasteiger partial charge on any atom is 0.261 e. The first kappa shape index (κ1) is 25.5. The van der Waals surface area contributed by atoms with Crippen molar-refractivity contribution >= 4 is 47.0 Å². The van der Waals surface area contributed by atoms with Gasteiger partial charge in [-0.15, -0.1) is 0 Å². The van der Waals surface area contributed by atoms with Crippen LogP contribution in [-0.4, -0.2) is 57.0 Å². The van der Waals surface area contributed by atoms with Gasteiger partial charge in [0, 0.05) is 30.2 Å². The Bertz CT molecular complexity index is 1660. The van der Waals surface area contributed by atoms with Crippen LogP contribution in [0.15, 0.2) is 71.7 Å². The van der Waals surface area contributed by atoms with E-state index in [1.54, 1.807) is 23.2 Å². The van der Waals surface area contributed by atoms with Crippen molar-refractivity contribution in [2.45, 2.75) is 13.0 Å². The molecule has 38 heavy (non-hydrogen) atoms. The average molecular weight is 529 g/mol. The number of carbonyl (C=O) groups excluding carboxylic acids is 1. The molecule has 0 radical (unpaired) electrons. The Morgan fingerprint density at radius 1 is 1.03 bits per heavy atom. The number of H-pyrrole nitrogens is 2. The summed E-state index contributed by atoms with van der Waals surface area (Å²) in [4.78, 5) is 43.6. The van der Waals surface area contributed by atoms with Gasteiger partial charge in [0.15, 0.2) is 0 Å². The Kier molecular flexibility index (Phi) is 7.17. The summed E-state index contributed by atoms with van der Waals surface area (Å²) in [7, 11) is 0. The summed E-state index contributed by atoms with van der Waals surface area (Å²) >= 11 is 0. The molecule has 10 heteroatoms. The average Bonchev–Trinajstić information content (AvgIpc) is 3.36. The van der Waals surface area contributed by atoms with Crippen LogP contribution in [0.3, 0.4) is 0 Å². The van der Waals surface area contributed by atoms with Crippen molar-refractivity contribution in [2.24, 2.45) is 0 Å². The van der Waals surface area contributed by atoms with E-state index in [9.17, 15) is 9.59 Å². The molecule has 2 aromatic carbocycles. The number of ether oxygens (including phenoxy) is 1. The predicted octanol–water partition coefficient (Wildman–Crippen LogP) is 4.22. The molecular weight excluding hydrogens is 500 g/mol. The molecule has 1 aliphatic heterocycles. The first-order valence-electron chi connectivity index (χ1n) is 12.3. The first-order valence-corrected chi connectivity index (χ1v) is 12.3. The number of anilines is 1. The van der Waals surface area contributed by atoms with E-state index >= 15 is 0 Å². The lowest BCUT2D eigenvalue weighted by Crippen LogP contribution is -2.40. The molecule has 5 aromatic rings. The Morgan fingerprint density at radius 3 is 2.61 bits per heavy atom. The van der Waals surface area contributed by atoms with Gasteiger partial charge in [0.1, 0.15) is 11.4 Å². The number of carbonyl (C=O) groups is 1. The molecular formula is C28H28N6O3S. The molecule has 1 atom stereocenters. The second kappa shape index (κ2) is 10.7. The molecule has 0 aliphatic carbocycles. The first-order chi connectivity index (χ1) is 18.1. The van der Waals surface area contributed by atoms with Gasteiger partial charge in [-0.1, -0.05) is 24.3 Å². The van der Waals surface area contributed by atoms with E-state index in [0.717, 1.165) is 16.6 Å². The number of benzene rings is 2. The SMILES string of the molecule is C[C@H](Nc1c(-c2nc3ccc(C(=O)N4CCOCC4)cc3[nH]2)c(=O)[nH]c2ccccc12)c1ccccn1.S. The third-order valence-electron chi connectivity index (χ3n) is 6.68. The molecule has 4 heterocycles. The number of pyridine rings is 2. The van der Waals surface area contributed by atoms with Crippen molar-refractivity contribution in [3.8, 4) is 11.4 Å². The number of amides is 1. The quantitative estimate of drug-likeness (QED) is 0.315. The minimum atomic E-state index is -0.266. The van der Waals surface area contributed by atoms with Crippen molar-refractivity contribution in [1.82, 2.24) is 24.8 Å². The molecule has 0 bridgehead atoms. The van der Waals surface area contributed by atoms with Crippen LogP contribution in [0.25, 0.3) is 33.3 Å². The number of nitrogens with zero attached hydrogens (tertiary/aromatic N) is 3. The molecule has 1 saturated heterocycles. The molecule has 1 aliphatic rings. The Labute approximate surface area is 225 Å². The van der Waals surface area contributed by atoms with E-state index in [2.05, 4.69) is 20.3 Å². The second-order valence-corrected chi connectivity index (χ2v) is 9.09. The van der Waals surface area contributed by atoms with Gasteiger partial charge in [-0.25, -0.2) is 4.98 Å². The Hall–Kier alpha value is -4.15. The van der Waals surface area contributed by atoms with E-state index in [-0.39, 0.29) is 31.0 Å². The van der Waals surface area contributed by atoms with Crippen LogP contribution in [0, 0.1) is 0 Å². The van der Waals surface area contributed by atoms with Crippen LogP contribution in [0.2, 0.25) is 0 Å². The van der Waals surface area contributed by atoms with Crippen LogP contribution in [0.4, 0.5) is 5.69 Å². The number of nitrogens with one attached hydrogen (secondary N) is 3. The van der Waals surface area contributed by atoms with Crippen molar-refractivity contribution in [3.05, 3.63) is 88.5 Å². The summed E-state index contributed by atoms with van der Waals surface area (Å²) in [5.74, 6) is 0.380. The molecule has 3 aromatic heterocycles. The van der Waals surface area contributed by atoms with Gasteiger partial charge in [0.25, 0.3) is 11.5 Å². The molecule has 0 saturated carbocycles. The summed E-state index contributed by atoms with van der Waals surface area (Å²) in [6.45, 7) is 4.23. The van der Waals surface area contributed by atoms with Gasteiger partial charge in [-0.3, -0.25) is 14.6 Å². The molecule has 0 unspecified atom stereocenters. The number of hydrogen-bond donors (Lipinski definition) is 3. The normalized spacial score (nSPS) is 14.3. The fourth-order valence-electron chi connectivity index (χ4n) is 4.75. The maximum absolute atomic E-state index is 13.4. The third kappa shape index (κ3) is 4.75. The highest BCUT2D eigenvalue weighted by Gasteiger charge is 2.22. The summed E-state index contributed by atoms with van der Waals surface area (Å²) in [6.07, 6.45) is 1.75. The van der Waals surface area contributed by atoms with Gasteiger partial charge in [-0.2, -0.15) is 13.5 Å². The zero-order valence-corrected chi connectivity index (χ0v) is 21.8. The summed E-state index contributed by atoms with van der Waals surface area (Å²) < 4.78 is 5.36. The van der Waals surface area contributed by atoms with E-state index in [0.29, 0.717) is 60.0 Å². The van der Waals surface area contributed by atoms with E-state index < -0.39 is 0 Å². The highest BCUT2D eigenvalue weighted by atomic mass is 32.1. The van der Waals surface area contributed by atoms with Gasteiger partial charge < -0.3 is 24.9 Å². The minimum absolute atomic E-state index is 0. The summed E-state index contributed by atoms with van der Waals surface area (Å²) in [5.41, 5.74) is 4.31. The molecule has 194 valence electrons. The van der Waals surface area contributed by atoms with Crippen LogP contribution >= 0.6 is 13.5 Å². The predicted molar refractivity (Wildman–Crippen MR) is 153 cm³/mol. The largest absolute Gasteiger partial charge is 0.378 e. The van der Waals surface area contributed by atoms with E-state index in [1.165, 1.54) is 0 Å². The van der Waals surface area contributed by atoms with E-state index in [1.807, 2.05) is 55.5 Å². The number of aromatic amines is 2. The summed E-state index contributed by atoms with van der Waals surface area (Å²) in [6, 6.07) is 18.6. The summed E-state index contributed by atoms with van der Waals surface area (Å²) in [5, 5.41) is 4.38.